The van der Waals surface area contributed by atoms with E-state index in [1.54, 1.807) is 0 Å². The molecule has 1 saturated heterocycles. The van der Waals surface area contributed by atoms with Crippen LogP contribution in [-0.4, -0.2) is 40.9 Å². The van der Waals surface area contributed by atoms with Gasteiger partial charge in [0.1, 0.15) is 6.10 Å². The number of likely N-dealkylation sites (tertiary alicyclic amines) is 1. The Morgan fingerprint density at radius 2 is 2.17 bits per heavy atom. The van der Waals surface area contributed by atoms with Gasteiger partial charge in [0.15, 0.2) is 0 Å². The lowest BCUT2D eigenvalue weighted by atomic mass is 9.93. The maximum absolute atomic E-state index is 6.04. The molecule has 2 aliphatic heterocycles. The van der Waals surface area contributed by atoms with Gasteiger partial charge < -0.3 is 9.64 Å². The van der Waals surface area contributed by atoms with Crippen molar-refractivity contribution in [2.75, 3.05) is 20.2 Å². The summed E-state index contributed by atoms with van der Waals surface area (Å²) in [4.78, 5) is 2.38. The Bertz CT molecular complexity index is 592. The molecule has 0 aliphatic carbocycles. The van der Waals surface area contributed by atoms with Crippen molar-refractivity contribution in [1.29, 1.82) is 0 Å². The number of hydrogen-bond donors (Lipinski definition) is 0. The van der Waals surface area contributed by atoms with Gasteiger partial charge >= 0.3 is 0 Å². The second-order valence-electron chi connectivity index (χ2n) is 5.25. The van der Waals surface area contributed by atoms with Gasteiger partial charge in [0.2, 0.25) is 0 Å². The maximum atomic E-state index is 6.04. The van der Waals surface area contributed by atoms with E-state index in [4.69, 9.17) is 4.74 Å². The Kier molecular flexibility index (Phi) is 2.22. The number of aromatic nitrogens is 2. The van der Waals surface area contributed by atoms with Gasteiger partial charge in [0, 0.05) is 11.4 Å². The normalized spacial score (nSPS) is 28.1. The summed E-state index contributed by atoms with van der Waals surface area (Å²) in [6.07, 6.45) is 1.41. The zero-order chi connectivity index (χ0) is 12.1. The number of ether oxygens (including phenoxy) is 1. The molecule has 0 radical (unpaired) electrons. The van der Waals surface area contributed by atoms with E-state index < -0.39 is 0 Å². The van der Waals surface area contributed by atoms with Gasteiger partial charge in [-0.2, -0.15) is 5.10 Å². The van der Waals surface area contributed by atoms with Crippen LogP contribution in [-0.2, 0) is 11.3 Å². The third kappa shape index (κ3) is 1.36. The number of rotatable bonds is 1. The van der Waals surface area contributed by atoms with Crippen molar-refractivity contribution in [3.63, 3.8) is 0 Å². The lowest BCUT2D eigenvalue weighted by molar-refractivity contribution is -0.0682. The van der Waals surface area contributed by atoms with Crippen LogP contribution in [0.1, 0.15) is 18.2 Å². The minimum atomic E-state index is 0.185. The van der Waals surface area contributed by atoms with Gasteiger partial charge in [-0.25, -0.2) is 0 Å². The Morgan fingerprint density at radius 1 is 1.28 bits per heavy atom. The van der Waals surface area contributed by atoms with Gasteiger partial charge in [-0.3, -0.25) is 4.68 Å². The van der Waals surface area contributed by atoms with E-state index in [0.29, 0.717) is 6.04 Å². The highest BCUT2D eigenvalue weighted by molar-refractivity contribution is 5.82. The van der Waals surface area contributed by atoms with Crippen LogP contribution in [0.5, 0.6) is 0 Å². The zero-order valence-corrected chi connectivity index (χ0v) is 10.5. The van der Waals surface area contributed by atoms with Crippen molar-refractivity contribution in [1.82, 2.24) is 14.7 Å². The van der Waals surface area contributed by atoms with E-state index in [1.807, 2.05) is 6.07 Å². The third-order valence-electron chi connectivity index (χ3n) is 4.25. The monoisotopic (exact) mass is 243 g/mol. The van der Waals surface area contributed by atoms with Crippen LogP contribution < -0.4 is 0 Å². The molecule has 2 unspecified atom stereocenters. The van der Waals surface area contributed by atoms with Gasteiger partial charge in [0.05, 0.1) is 24.4 Å². The third-order valence-corrected chi connectivity index (χ3v) is 4.25. The summed E-state index contributed by atoms with van der Waals surface area (Å²) in [6, 6.07) is 8.90. The van der Waals surface area contributed by atoms with E-state index in [2.05, 4.69) is 39.9 Å². The maximum Gasteiger partial charge on any atom is 0.115 e. The fourth-order valence-corrected chi connectivity index (χ4v) is 3.13. The van der Waals surface area contributed by atoms with Crippen LogP contribution in [0.15, 0.2) is 24.3 Å². The zero-order valence-electron chi connectivity index (χ0n) is 10.5. The molecule has 1 aromatic carbocycles. The topological polar surface area (TPSA) is 30.3 Å². The average molecular weight is 243 g/mol. The first-order valence-corrected chi connectivity index (χ1v) is 6.62. The number of fused-ring (bicyclic) bond motifs is 3. The average Bonchev–Trinajstić information content (AvgIpc) is 2.76. The molecule has 0 spiro atoms. The summed E-state index contributed by atoms with van der Waals surface area (Å²) in [5, 5.41) is 5.94. The molecule has 94 valence electrons. The van der Waals surface area contributed by atoms with Crippen molar-refractivity contribution < 1.29 is 4.74 Å². The second-order valence-corrected chi connectivity index (χ2v) is 5.25. The summed E-state index contributed by atoms with van der Waals surface area (Å²) in [7, 11) is 2.18. The van der Waals surface area contributed by atoms with Crippen LogP contribution in [0.2, 0.25) is 0 Å². The second kappa shape index (κ2) is 3.80. The van der Waals surface area contributed by atoms with E-state index in [0.717, 1.165) is 18.7 Å². The van der Waals surface area contributed by atoms with Crippen molar-refractivity contribution in [2.45, 2.75) is 25.1 Å². The molecule has 4 nitrogen and oxygen atoms in total. The van der Waals surface area contributed by atoms with Crippen LogP contribution in [0, 0.1) is 0 Å². The number of nitrogens with zero attached hydrogens (tertiary/aromatic N) is 3. The Hall–Kier alpha value is -1.39. The number of hydrogen-bond acceptors (Lipinski definition) is 3. The number of benzene rings is 1. The first kappa shape index (κ1) is 10.5. The SMILES string of the molecule is CN1CCC1C1OCCn2nc3ccccc3c21. The minimum absolute atomic E-state index is 0.185. The van der Waals surface area contributed by atoms with Gasteiger partial charge in [-0.15, -0.1) is 0 Å². The highest BCUT2D eigenvalue weighted by Gasteiger charge is 2.38. The van der Waals surface area contributed by atoms with E-state index in [-0.39, 0.29) is 6.10 Å². The van der Waals surface area contributed by atoms with Crippen molar-refractivity contribution in [3.05, 3.63) is 30.0 Å². The van der Waals surface area contributed by atoms with Crippen LogP contribution in [0.3, 0.4) is 0 Å². The standard InChI is InChI=1S/C14H17N3O/c1-16-7-6-12(16)14-13-10-4-2-3-5-11(10)15-17(13)8-9-18-14/h2-5,12,14H,6-9H2,1H3. The summed E-state index contributed by atoms with van der Waals surface area (Å²) < 4.78 is 8.19. The fraction of sp³-hybridized carbons (Fsp3) is 0.500. The summed E-state index contributed by atoms with van der Waals surface area (Å²) >= 11 is 0. The van der Waals surface area contributed by atoms with Crippen molar-refractivity contribution in [2.24, 2.45) is 0 Å². The highest BCUT2D eigenvalue weighted by Crippen LogP contribution is 2.37. The first-order valence-electron chi connectivity index (χ1n) is 6.62. The van der Waals surface area contributed by atoms with Gasteiger partial charge in [-0.1, -0.05) is 18.2 Å². The molecule has 1 fully saturated rings. The Morgan fingerprint density at radius 3 is 2.94 bits per heavy atom. The molecule has 3 heterocycles. The van der Waals surface area contributed by atoms with E-state index in [1.165, 1.54) is 24.0 Å². The fourth-order valence-electron chi connectivity index (χ4n) is 3.13. The van der Waals surface area contributed by atoms with Crippen molar-refractivity contribution in [3.8, 4) is 0 Å². The molecule has 2 atom stereocenters. The molecule has 0 N–H and O–H groups in total. The Labute approximate surface area is 106 Å². The molecular formula is C14H17N3O. The number of likely N-dealkylation sites (N-methyl/N-ethyl adjacent to an activating group) is 1. The smallest absolute Gasteiger partial charge is 0.115 e. The molecule has 2 aromatic rings. The molecule has 4 rings (SSSR count). The largest absolute Gasteiger partial charge is 0.368 e. The predicted molar refractivity (Wildman–Crippen MR) is 69.5 cm³/mol. The molecule has 0 bridgehead atoms. The highest BCUT2D eigenvalue weighted by atomic mass is 16.5. The lowest BCUT2D eigenvalue weighted by Gasteiger charge is -2.44. The molecule has 0 amide bonds. The molecule has 2 aliphatic rings. The molecule has 18 heavy (non-hydrogen) atoms. The van der Waals surface area contributed by atoms with Gasteiger partial charge in [-0.05, 0) is 26.1 Å². The molecule has 4 heteroatoms. The molecule has 1 aromatic heterocycles. The van der Waals surface area contributed by atoms with Gasteiger partial charge in [0.25, 0.3) is 0 Å². The summed E-state index contributed by atoms with van der Waals surface area (Å²) in [5.41, 5.74) is 2.36. The van der Waals surface area contributed by atoms with E-state index in [9.17, 15) is 0 Å². The molecule has 0 saturated carbocycles. The quantitative estimate of drug-likeness (QED) is 0.765. The van der Waals surface area contributed by atoms with Crippen LogP contribution >= 0.6 is 0 Å². The van der Waals surface area contributed by atoms with Crippen LogP contribution in [0.25, 0.3) is 10.9 Å². The van der Waals surface area contributed by atoms with Crippen LogP contribution in [0.4, 0.5) is 0 Å². The summed E-state index contributed by atoms with van der Waals surface area (Å²) in [6.45, 7) is 2.82. The first-order chi connectivity index (χ1) is 8.84. The summed E-state index contributed by atoms with van der Waals surface area (Å²) in [5.74, 6) is 0. The lowest BCUT2D eigenvalue weighted by Crippen LogP contribution is -2.50. The van der Waals surface area contributed by atoms with E-state index >= 15 is 0 Å². The predicted octanol–water partition coefficient (Wildman–Crippen LogP) is 1.81. The molecular weight excluding hydrogens is 226 g/mol. The minimum Gasteiger partial charge on any atom is -0.368 e. The Balaban J connectivity index is 1.86. The van der Waals surface area contributed by atoms with Crippen molar-refractivity contribution >= 4 is 10.9 Å².